The van der Waals surface area contributed by atoms with Crippen LogP contribution in [0.1, 0.15) is 16.1 Å². The lowest BCUT2D eigenvalue weighted by Gasteiger charge is -2.03. The van der Waals surface area contributed by atoms with E-state index in [9.17, 15) is 4.79 Å². The quantitative estimate of drug-likeness (QED) is 0.896. The first-order chi connectivity index (χ1) is 8.08. The van der Waals surface area contributed by atoms with Gasteiger partial charge in [0.1, 0.15) is 11.3 Å². The summed E-state index contributed by atoms with van der Waals surface area (Å²) in [7, 11) is 3.44. The average molecular weight is 297 g/mol. The molecule has 5 heteroatoms. The number of hydrogen-bond acceptors (Lipinski definition) is 3. The summed E-state index contributed by atoms with van der Waals surface area (Å²) in [6.45, 7) is 1.79. The second kappa shape index (κ2) is 4.41. The van der Waals surface area contributed by atoms with Crippen molar-refractivity contribution in [2.45, 2.75) is 6.92 Å². The largest absolute Gasteiger partial charge is 0.460 e. The van der Waals surface area contributed by atoms with Gasteiger partial charge in [0.15, 0.2) is 0 Å². The predicted molar refractivity (Wildman–Crippen MR) is 71.6 cm³/mol. The maximum Gasteiger partial charge on any atom is 0.255 e. The SMILES string of the molecule is CNC(=O)c1c(C)oc2cc(NC)c(Br)cc12. The van der Waals surface area contributed by atoms with E-state index in [0.717, 1.165) is 15.5 Å². The summed E-state index contributed by atoms with van der Waals surface area (Å²) in [5.41, 5.74) is 2.22. The third-order valence-electron chi connectivity index (χ3n) is 2.68. The molecule has 17 heavy (non-hydrogen) atoms. The van der Waals surface area contributed by atoms with Crippen molar-refractivity contribution < 1.29 is 9.21 Å². The highest BCUT2D eigenvalue weighted by atomic mass is 79.9. The Morgan fingerprint density at radius 3 is 2.65 bits per heavy atom. The molecule has 0 spiro atoms. The van der Waals surface area contributed by atoms with Crippen molar-refractivity contribution in [1.29, 1.82) is 0 Å². The van der Waals surface area contributed by atoms with Crippen LogP contribution in [0.4, 0.5) is 5.69 Å². The third-order valence-corrected chi connectivity index (χ3v) is 3.33. The van der Waals surface area contributed by atoms with Crippen molar-refractivity contribution in [1.82, 2.24) is 5.32 Å². The Morgan fingerprint density at radius 2 is 2.06 bits per heavy atom. The van der Waals surface area contributed by atoms with Crippen LogP contribution in [0.25, 0.3) is 11.0 Å². The van der Waals surface area contributed by atoms with Gasteiger partial charge in [0.05, 0.1) is 11.3 Å². The standard InChI is InChI=1S/C12H13BrN2O2/c1-6-11(12(16)15-3)7-4-8(13)9(14-2)5-10(7)17-6/h4-5,14H,1-3H3,(H,15,16). The third kappa shape index (κ3) is 1.91. The van der Waals surface area contributed by atoms with Crippen LogP contribution in [0.15, 0.2) is 21.0 Å². The summed E-state index contributed by atoms with van der Waals surface area (Å²) in [6.07, 6.45) is 0. The molecule has 1 aromatic heterocycles. The fourth-order valence-electron chi connectivity index (χ4n) is 1.84. The number of carbonyl (C=O) groups is 1. The van der Waals surface area contributed by atoms with Gasteiger partial charge in [0.25, 0.3) is 5.91 Å². The monoisotopic (exact) mass is 296 g/mol. The molecule has 1 aromatic carbocycles. The van der Waals surface area contributed by atoms with Crippen LogP contribution in [-0.4, -0.2) is 20.0 Å². The molecule has 1 heterocycles. The summed E-state index contributed by atoms with van der Waals surface area (Å²) in [5.74, 6) is 0.491. The molecule has 2 aromatic rings. The van der Waals surface area contributed by atoms with E-state index in [4.69, 9.17) is 4.42 Å². The maximum absolute atomic E-state index is 11.8. The molecule has 0 saturated heterocycles. The first kappa shape index (κ1) is 12.0. The smallest absolute Gasteiger partial charge is 0.255 e. The van der Waals surface area contributed by atoms with Gasteiger partial charge < -0.3 is 15.1 Å². The number of nitrogens with one attached hydrogen (secondary N) is 2. The van der Waals surface area contributed by atoms with E-state index in [1.165, 1.54) is 0 Å². The van der Waals surface area contributed by atoms with Gasteiger partial charge in [0, 0.05) is 30.0 Å². The van der Waals surface area contributed by atoms with Crippen LogP contribution in [0.5, 0.6) is 0 Å². The number of furan rings is 1. The van der Waals surface area contributed by atoms with Gasteiger partial charge in [-0.2, -0.15) is 0 Å². The molecule has 0 unspecified atom stereocenters. The van der Waals surface area contributed by atoms with Crippen molar-refractivity contribution in [3.63, 3.8) is 0 Å². The fraction of sp³-hybridized carbons (Fsp3) is 0.250. The molecule has 0 saturated carbocycles. The van der Waals surface area contributed by atoms with E-state index in [0.29, 0.717) is 16.9 Å². The number of hydrogen-bond donors (Lipinski definition) is 2. The predicted octanol–water partition coefficient (Wildman–Crippen LogP) is 2.91. The summed E-state index contributed by atoms with van der Waals surface area (Å²) in [5, 5.41) is 6.48. The lowest BCUT2D eigenvalue weighted by atomic mass is 10.1. The minimum Gasteiger partial charge on any atom is -0.460 e. The van der Waals surface area contributed by atoms with Crippen LogP contribution < -0.4 is 10.6 Å². The highest BCUT2D eigenvalue weighted by molar-refractivity contribution is 9.10. The molecule has 2 N–H and O–H groups in total. The van der Waals surface area contributed by atoms with Crippen LogP contribution >= 0.6 is 15.9 Å². The molecule has 0 aliphatic heterocycles. The average Bonchev–Trinajstić information content (AvgIpc) is 2.62. The van der Waals surface area contributed by atoms with E-state index in [-0.39, 0.29) is 5.91 Å². The molecule has 0 aliphatic carbocycles. The molecule has 0 aliphatic rings. The minimum absolute atomic E-state index is 0.134. The van der Waals surface area contributed by atoms with Gasteiger partial charge in [-0.25, -0.2) is 0 Å². The summed E-state index contributed by atoms with van der Waals surface area (Å²) < 4.78 is 6.50. The van der Waals surface area contributed by atoms with Gasteiger partial charge in [-0.05, 0) is 28.9 Å². The second-order valence-corrected chi connectivity index (χ2v) is 4.54. The normalized spacial score (nSPS) is 10.6. The molecule has 4 nitrogen and oxygen atoms in total. The number of rotatable bonds is 2. The van der Waals surface area contributed by atoms with Crippen molar-refractivity contribution in [3.05, 3.63) is 27.9 Å². The number of anilines is 1. The number of amides is 1. The van der Waals surface area contributed by atoms with Crippen molar-refractivity contribution in [2.75, 3.05) is 19.4 Å². The summed E-state index contributed by atoms with van der Waals surface area (Å²) in [6, 6.07) is 3.76. The van der Waals surface area contributed by atoms with Crippen molar-refractivity contribution in [3.8, 4) is 0 Å². The fourth-order valence-corrected chi connectivity index (χ4v) is 2.38. The van der Waals surface area contributed by atoms with E-state index in [2.05, 4.69) is 26.6 Å². The van der Waals surface area contributed by atoms with E-state index in [1.54, 1.807) is 14.0 Å². The topological polar surface area (TPSA) is 54.3 Å². The highest BCUT2D eigenvalue weighted by Gasteiger charge is 2.18. The number of halogens is 1. The lowest BCUT2D eigenvalue weighted by Crippen LogP contribution is -2.18. The molecular weight excluding hydrogens is 284 g/mol. The van der Waals surface area contributed by atoms with E-state index < -0.39 is 0 Å². The molecule has 1 amide bonds. The van der Waals surface area contributed by atoms with Gasteiger partial charge in [-0.3, -0.25) is 4.79 Å². The minimum atomic E-state index is -0.134. The molecule has 90 valence electrons. The Hall–Kier alpha value is -1.49. The molecule has 0 bridgehead atoms. The van der Waals surface area contributed by atoms with Gasteiger partial charge in [0.2, 0.25) is 0 Å². The number of carbonyl (C=O) groups excluding carboxylic acids is 1. The molecule has 2 rings (SSSR count). The maximum atomic E-state index is 11.8. The Balaban J connectivity index is 2.74. The van der Waals surface area contributed by atoms with Crippen LogP contribution in [0.3, 0.4) is 0 Å². The van der Waals surface area contributed by atoms with Crippen molar-refractivity contribution >= 4 is 38.5 Å². The number of aryl methyl sites for hydroxylation is 1. The molecular formula is C12H13BrN2O2. The van der Waals surface area contributed by atoms with E-state index >= 15 is 0 Å². The summed E-state index contributed by atoms with van der Waals surface area (Å²) in [4.78, 5) is 11.8. The van der Waals surface area contributed by atoms with Crippen LogP contribution in [0, 0.1) is 6.92 Å². The Labute approximate surface area is 107 Å². The van der Waals surface area contributed by atoms with Gasteiger partial charge in [-0.1, -0.05) is 0 Å². The first-order valence-electron chi connectivity index (χ1n) is 5.21. The lowest BCUT2D eigenvalue weighted by molar-refractivity contribution is 0.0963. The zero-order chi connectivity index (χ0) is 12.6. The Kier molecular flexibility index (Phi) is 3.11. The number of benzene rings is 1. The molecule has 0 fully saturated rings. The summed E-state index contributed by atoms with van der Waals surface area (Å²) >= 11 is 3.46. The Morgan fingerprint density at radius 1 is 1.35 bits per heavy atom. The first-order valence-corrected chi connectivity index (χ1v) is 6.00. The van der Waals surface area contributed by atoms with Crippen molar-refractivity contribution in [2.24, 2.45) is 0 Å². The zero-order valence-corrected chi connectivity index (χ0v) is 11.4. The van der Waals surface area contributed by atoms with Crippen LogP contribution in [0.2, 0.25) is 0 Å². The second-order valence-electron chi connectivity index (χ2n) is 3.69. The number of fused-ring (bicyclic) bond motifs is 1. The zero-order valence-electron chi connectivity index (χ0n) is 9.85. The highest BCUT2D eigenvalue weighted by Crippen LogP contribution is 2.33. The van der Waals surface area contributed by atoms with E-state index in [1.807, 2.05) is 19.2 Å². The molecule has 0 atom stereocenters. The van der Waals surface area contributed by atoms with Gasteiger partial charge >= 0.3 is 0 Å². The van der Waals surface area contributed by atoms with Gasteiger partial charge in [-0.15, -0.1) is 0 Å². The Bertz CT molecular complexity index is 590. The molecule has 0 radical (unpaired) electrons. The van der Waals surface area contributed by atoms with Crippen LogP contribution in [-0.2, 0) is 0 Å².